The average Bonchev–Trinajstić information content (AvgIpc) is 2.90. The van der Waals surface area contributed by atoms with E-state index in [0.29, 0.717) is 6.54 Å². The van der Waals surface area contributed by atoms with E-state index in [9.17, 15) is 9.59 Å². The lowest BCUT2D eigenvalue weighted by Crippen LogP contribution is -2.24. The van der Waals surface area contributed by atoms with Crippen LogP contribution < -0.4 is 11.2 Å². The van der Waals surface area contributed by atoms with Crippen molar-refractivity contribution in [3.8, 4) is 5.69 Å². The van der Waals surface area contributed by atoms with Gasteiger partial charge in [-0.05, 0) is 38.0 Å². The van der Waals surface area contributed by atoms with Crippen LogP contribution >= 0.6 is 0 Å². The minimum absolute atomic E-state index is 0.131. The summed E-state index contributed by atoms with van der Waals surface area (Å²) < 4.78 is 4.12. The van der Waals surface area contributed by atoms with Crippen molar-refractivity contribution >= 4 is 5.65 Å². The first-order valence-corrected chi connectivity index (χ1v) is 7.94. The average molecular weight is 324 g/mol. The fraction of sp³-hybridized carbons (Fsp3) is 0.278. The second kappa shape index (κ2) is 6.31. The molecule has 6 nitrogen and oxygen atoms in total. The molecule has 0 atom stereocenters. The summed E-state index contributed by atoms with van der Waals surface area (Å²) in [6, 6.07) is 7.78. The Hall–Kier alpha value is -2.89. The van der Waals surface area contributed by atoms with Gasteiger partial charge >= 0.3 is 11.2 Å². The van der Waals surface area contributed by atoms with Gasteiger partial charge in [-0.25, -0.2) is 13.9 Å². The van der Waals surface area contributed by atoms with E-state index < -0.39 is 0 Å². The first-order chi connectivity index (χ1) is 11.5. The third kappa shape index (κ3) is 2.82. The Balaban J connectivity index is 2.16. The molecule has 0 bridgehead atoms. The third-order valence-electron chi connectivity index (χ3n) is 3.91. The summed E-state index contributed by atoms with van der Waals surface area (Å²) in [6.45, 7) is 6.33. The van der Waals surface area contributed by atoms with Crippen LogP contribution in [0.15, 0.2) is 57.9 Å². The van der Waals surface area contributed by atoms with Crippen molar-refractivity contribution in [2.45, 2.75) is 33.7 Å². The molecule has 2 heterocycles. The molecule has 0 saturated carbocycles. The number of rotatable bonds is 4. The molecule has 0 amide bonds. The molecule has 0 radical (unpaired) electrons. The Bertz CT molecular complexity index is 1030. The first kappa shape index (κ1) is 16.0. The standard InChI is InChI=1S/C18H20N4O2/c1-4-14-6-5-7-15(12-14)20-10-11-21-16(17(20)23)19-22(18(21)24)9-8-13(2)3/h5-8,10-12H,4,9H2,1-3H3. The van der Waals surface area contributed by atoms with Gasteiger partial charge in [0.15, 0.2) is 0 Å². The monoisotopic (exact) mass is 324 g/mol. The largest absolute Gasteiger partial charge is 0.350 e. The van der Waals surface area contributed by atoms with Gasteiger partial charge in [-0.3, -0.25) is 9.36 Å². The van der Waals surface area contributed by atoms with Crippen LogP contribution in [-0.4, -0.2) is 18.7 Å². The van der Waals surface area contributed by atoms with Crippen molar-refractivity contribution in [2.75, 3.05) is 0 Å². The van der Waals surface area contributed by atoms with Crippen molar-refractivity contribution in [3.63, 3.8) is 0 Å². The van der Waals surface area contributed by atoms with Crippen LogP contribution in [0, 0.1) is 0 Å². The van der Waals surface area contributed by atoms with Crippen molar-refractivity contribution in [2.24, 2.45) is 0 Å². The zero-order valence-electron chi connectivity index (χ0n) is 14.1. The molecule has 3 aromatic rings. The van der Waals surface area contributed by atoms with Gasteiger partial charge in [0.2, 0.25) is 5.65 Å². The summed E-state index contributed by atoms with van der Waals surface area (Å²) >= 11 is 0. The molecular weight excluding hydrogens is 304 g/mol. The summed E-state index contributed by atoms with van der Waals surface area (Å²) in [5.41, 5.74) is 2.52. The molecule has 0 spiro atoms. The van der Waals surface area contributed by atoms with Gasteiger partial charge < -0.3 is 0 Å². The molecule has 24 heavy (non-hydrogen) atoms. The van der Waals surface area contributed by atoms with Crippen LogP contribution in [0.2, 0.25) is 0 Å². The van der Waals surface area contributed by atoms with Crippen molar-refractivity contribution in [3.05, 3.63) is 74.7 Å². The van der Waals surface area contributed by atoms with Crippen molar-refractivity contribution < 1.29 is 0 Å². The quantitative estimate of drug-likeness (QED) is 0.691. The maximum Gasteiger partial charge on any atom is 0.350 e. The van der Waals surface area contributed by atoms with Crippen molar-refractivity contribution in [1.82, 2.24) is 18.7 Å². The third-order valence-corrected chi connectivity index (χ3v) is 3.91. The summed E-state index contributed by atoms with van der Waals surface area (Å²) in [5.74, 6) is 0. The number of fused-ring (bicyclic) bond motifs is 1. The summed E-state index contributed by atoms with van der Waals surface area (Å²) in [4.78, 5) is 25.1. The lowest BCUT2D eigenvalue weighted by molar-refractivity contribution is 0.669. The number of aromatic nitrogens is 4. The molecule has 0 fully saturated rings. The minimum atomic E-state index is -0.311. The maximum atomic E-state index is 12.7. The Morgan fingerprint density at radius 1 is 1.21 bits per heavy atom. The van der Waals surface area contributed by atoms with Crippen LogP contribution in [0.4, 0.5) is 0 Å². The van der Waals surface area contributed by atoms with Gasteiger partial charge in [0.05, 0.1) is 6.54 Å². The second-order valence-corrected chi connectivity index (χ2v) is 5.94. The first-order valence-electron chi connectivity index (χ1n) is 7.94. The molecule has 0 saturated heterocycles. The predicted octanol–water partition coefficient (Wildman–Crippen LogP) is 2.18. The lowest BCUT2D eigenvalue weighted by atomic mass is 10.1. The van der Waals surface area contributed by atoms with Crippen LogP contribution in [0.25, 0.3) is 11.3 Å². The highest BCUT2D eigenvalue weighted by Gasteiger charge is 2.12. The van der Waals surface area contributed by atoms with Gasteiger partial charge in [0, 0.05) is 18.1 Å². The number of benzene rings is 1. The van der Waals surface area contributed by atoms with Crippen LogP contribution in [0.5, 0.6) is 0 Å². The number of allylic oxidation sites excluding steroid dienone is 2. The molecule has 0 aliphatic carbocycles. The zero-order valence-corrected chi connectivity index (χ0v) is 14.1. The molecule has 0 aliphatic heterocycles. The maximum absolute atomic E-state index is 12.7. The van der Waals surface area contributed by atoms with E-state index in [0.717, 1.165) is 23.2 Å². The smallest absolute Gasteiger partial charge is 0.280 e. The molecule has 124 valence electrons. The number of hydrogen-bond donors (Lipinski definition) is 0. The Kier molecular flexibility index (Phi) is 4.20. The van der Waals surface area contributed by atoms with Gasteiger partial charge in [-0.2, -0.15) is 0 Å². The van der Waals surface area contributed by atoms with Gasteiger partial charge in [-0.15, -0.1) is 5.10 Å². The van der Waals surface area contributed by atoms with Crippen LogP contribution in [0.3, 0.4) is 0 Å². The normalized spacial score (nSPS) is 11.0. The van der Waals surface area contributed by atoms with Crippen LogP contribution in [0.1, 0.15) is 26.3 Å². The highest BCUT2D eigenvalue weighted by molar-refractivity contribution is 5.41. The number of aryl methyl sites for hydroxylation is 1. The highest BCUT2D eigenvalue weighted by atomic mass is 16.2. The number of hydrogen-bond acceptors (Lipinski definition) is 3. The second-order valence-electron chi connectivity index (χ2n) is 5.94. The molecule has 2 aromatic heterocycles. The molecule has 0 aliphatic rings. The van der Waals surface area contributed by atoms with E-state index in [1.807, 2.05) is 44.2 Å². The van der Waals surface area contributed by atoms with E-state index in [1.54, 1.807) is 12.4 Å². The molecule has 6 heteroatoms. The fourth-order valence-electron chi connectivity index (χ4n) is 2.53. The van der Waals surface area contributed by atoms with E-state index in [2.05, 4.69) is 12.0 Å². The zero-order chi connectivity index (χ0) is 17.3. The molecular formula is C18H20N4O2. The van der Waals surface area contributed by atoms with E-state index in [1.165, 1.54) is 13.6 Å². The SMILES string of the molecule is CCc1cccc(-n2ccn3c(=O)n(CC=C(C)C)nc3c2=O)c1. The fourth-order valence-corrected chi connectivity index (χ4v) is 2.53. The predicted molar refractivity (Wildman–Crippen MR) is 93.9 cm³/mol. The van der Waals surface area contributed by atoms with E-state index in [-0.39, 0.29) is 16.9 Å². The lowest BCUT2D eigenvalue weighted by Gasteiger charge is -2.06. The molecule has 1 aromatic carbocycles. The highest BCUT2D eigenvalue weighted by Crippen LogP contribution is 2.09. The van der Waals surface area contributed by atoms with Gasteiger partial charge in [0.25, 0.3) is 0 Å². The molecule has 0 N–H and O–H groups in total. The minimum Gasteiger partial charge on any atom is -0.280 e. The number of nitrogens with zero attached hydrogens (tertiary/aromatic N) is 4. The topological polar surface area (TPSA) is 61.3 Å². The Labute approximate surface area is 139 Å². The summed E-state index contributed by atoms with van der Waals surface area (Å²) in [7, 11) is 0. The van der Waals surface area contributed by atoms with E-state index >= 15 is 0 Å². The molecule has 0 unspecified atom stereocenters. The Morgan fingerprint density at radius 3 is 2.71 bits per heavy atom. The Morgan fingerprint density at radius 2 is 2.00 bits per heavy atom. The molecule has 3 rings (SSSR count). The van der Waals surface area contributed by atoms with Crippen molar-refractivity contribution in [1.29, 1.82) is 0 Å². The van der Waals surface area contributed by atoms with Crippen LogP contribution in [-0.2, 0) is 13.0 Å². The van der Waals surface area contributed by atoms with Gasteiger partial charge in [0.1, 0.15) is 0 Å². The summed E-state index contributed by atoms with van der Waals surface area (Å²) in [5, 5.41) is 4.20. The van der Waals surface area contributed by atoms with E-state index in [4.69, 9.17) is 0 Å². The summed E-state index contributed by atoms with van der Waals surface area (Å²) in [6.07, 6.45) is 5.99. The van der Waals surface area contributed by atoms with Gasteiger partial charge in [-0.1, -0.05) is 30.7 Å².